The first kappa shape index (κ1) is 26.2. The minimum atomic E-state index is -3.32. The van der Waals surface area contributed by atoms with Crippen molar-refractivity contribution < 1.29 is 13.2 Å². The molecule has 0 aliphatic rings. The minimum absolute atomic E-state index is 0. The fraction of sp³-hybridized carbons (Fsp3) is 0.409. The quantitative estimate of drug-likeness (QED) is 0.283. The largest absolute Gasteiger partial charge is 0.493 e. The average Bonchev–Trinajstić information content (AvgIpc) is 2.72. The maximum atomic E-state index is 12.4. The summed E-state index contributed by atoms with van der Waals surface area (Å²) in [4.78, 5) is 4.52. The number of nitrogens with one attached hydrogen (secondary N) is 2. The summed E-state index contributed by atoms with van der Waals surface area (Å²) in [6.45, 7) is 7.22. The first-order valence-corrected chi connectivity index (χ1v) is 11.4. The van der Waals surface area contributed by atoms with Crippen LogP contribution in [0.2, 0.25) is 0 Å². The molecule has 2 rings (SSSR count). The summed E-state index contributed by atoms with van der Waals surface area (Å²) in [6.07, 6.45) is 0. The lowest BCUT2D eigenvalue weighted by atomic mass is 10.1. The topological polar surface area (TPSA) is 79.8 Å². The number of benzene rings is 2. The zero-order valence-corrected chi connectivity index (χ0v) is 21.1. The van der Waals surface area contributed by atoms with Gasteiger partial charge in [-0.2, -0.15) is 0 Å². The molecule has 0 aromatic heterocycles. The van der Waals surface area contributed by atoms with Crippen molar-refractivity contribution >= 4 is 39.8 Å². The summed E-state index contributed by atoms with van der Waals surface area (Å²) in [5.41, 5.74) is 1.08. The number of ether oxygens (including phenoxy) is 1. The molecule has 2 N–H and O–H groups in total. The van der Waals surface area contributed by atoms with Crippen molar-refractivity contribution in [1.29, 1.82) is 0 Å². The van der Waals surface area contributed by atoms with Crippen LogP contribution in [0.3, 0.4) is 0 Å². The van der Waals surface area contributed by atoms with E-state index >= 15 is 0 Å². The third kappa shape index (κ3) is 8.51. The highest BCUT2D eigenvalue weighted by molar-refractivity contribution is 14.0. The second-order valence-electron chi connectivity index (χ2n) is 7.27. The van der Waals surface area contributed by atoms with Crippen LogP contribution in [0.25, 0.3) is 0 Å². The zero-order chi connectivity index (χ0) is 21.3. The van der Waals surface area contributed by atoms with Gasteiger partial charge in [-0.05, 0) is 42.7 Å². The summed E-state index contributed by atoms with van der Waals surface area (Å²) < 4.78 is 30.4. The van der Waals surface area contributed by atoms with Crippen LogP contribution < -0.4 is 15.4 Å². The van der Waals surface area contributed by atoms with Gasteiger partial charge in [0.05, 0.1) is 23.3 Å². The van der Waals surface area contributed by atoms with E-state index < -0.39 is 9.84 Å². The van der Waals surface area contributed by atoms with Gasteiger partial charge in [0, 0.05) is 13.6 Å². The van der Waals surface area contributed by atoms with Gasteiger partial charge >= 0.3 is 0 Å². The Morgan fingerprint density at radius 3 is 2.23 bits per heavy atom. The first-order valence-electron chi connectivity index (χ1n) is 9.79. The Kier molecular flexibility index (Phi) is 11.2. The van der Waals surface area contributed by atoms with E-state index in [2.05, 4.69) is 29.5 Å². The molecule has 0 aliphatic heterocycles. The summed E-state index contributed by atoms with van der Waals surface area (Å²) in [7, 11) is -1.66. The van der Waals surface area contributed by atoms with Crippen LogP contribution in [0.15, 0.2) is 64.5 Å². The van der Waals surface area contributed by atoms with Crippen LogP contribution in [-0.2, 0) is 9.84 Å². The zero-order valence-electron chi connectivity index (χ0n) is 18.0. The third-order valence-corrected chi connectivity index (χ3v) is 6.04. The van der Waals surface area contributed by atoms with Crippen LogP contribution in [0.4, 0.5) is 0 Å². The maximum Gasteiger partial charge on any atom is 0.191 e. The molecular weight excluding hydrogens is 513 g/mol. The Hall–Kier alpha value is -1.81. The SMILES string of the molecule is CN=C(NCCS(=O)(=O)c1ccccc1)NC(C)c1ccc(OCC(C)C)cc1.I. The number of hydrogen-bond acceptors (Lipinski definition) is 4. The normalized spacial score (nSPS) is 12.8. The fourth-order valence-corrected chi connectivity index (χ4v) is 3.83. The standard InChI is InChI=1S/C22H31N3O3S.HI/c1-17(2)16-28-20-12-10-19(11-13-20)18(3)25-22(23-4)24-14-15-29(26,27)21-8-6-5-7-9-21;/h5-13,17-18H,14-16H2,1-4H3,(H2,23,24,25);1H. The second-order valence-corrected chi connectivity index (χ2v) is 9.38. The van der Waals surface area contributed by atoms with Gasteiger partial charge in [0.1, 0.15) is 5.75 Å². The van der Waals surface area contributed by atoms with Gasteiger partial charge in [-0.15, -0.1) is 24.0 Å². The van der Waals surface area contributed by atoms with Gasteiger partial charge in [-0.1, -0.05) is 44.2 Å². The highest BCUT2D eigenvalue weighted by Crippen LogP contribution is 2.18. The number of aliphatic imine (C=N–C) groups is 1. The van der Waals surface area contributed by atoms with E-state index in [9.17, 15) is 8.42 Å². The van der Waals surface area contributed by atoms with E-state index in [0.717, 1.165) is 11.3 Å². The molecule has 0 saturated heterocycles. The maximum absolute atomic E-state index is 12.4. The van der Waals surface area contributed by atoms with Crippen molar-refractivity contribution in [2.24, 2.45) is 10.9 Å². The molecule has 0 radical (unpaired) electrons. The molecule has 0 spiro atoms. The van der Waals surface area contributed by atoms with Gasteiger partial charge in [-0.25, -0.2) is 8.42 Å². The minimum Gasteiger partial charge on any atom is -0.493 e. The summed E-state index contributed by atoms with van der Waals surface area (Å²) in [5.74, 6) is 1.88. The summed E-state index contributed by atoms with van der Waals surface area (Å²) >= 11 is 0. The van der Waals surface area contributed by atoms with E-state index in [4.69, 9.17) is 4.74 Å². The van der Waals surface area contributed by atoms with Crippen molar-refractivity contribution in [3.05, 3.63) is 60.2 Å². The van der Waals surface area contributed by atoms with Gasteiger partial charge < -0.3 is 15.4 Å². The van der Waals surface area contributed by atoms with E-state index in [0.29, 0.717) is 23.4 Å². The molecule has 166 valence electrons. The van der Waals surface area contributed by atoms with Gasteiger partial charge in [0.25, 0.3) is 0 Å². The Bertz CT molecular complexity index is 886. The lowest BCUT2D eigenvalue weighted by Crippen LogP contribution is -2.40. The van der Waals surface area contributed by atoms with Crippen LogP contribution in [0.1, 0.15) is 32.4 Å². The molecule has 2 aromatic rings. The smallest absolute Gasteiger partial charge is 0.191 e. The number of sulfone groups is 1. The molecule has 0 aliphatic carbocycles. The molecule has 30 heavy (non-hydrogen) atoms. The van der Waals surface area contributed by atoms with E-state index in [1.807, 2.05) is 31.2 Å². The Balaban J connectivity index is 0.00000450. The Morgan fingerprint density at radius 2 is 1.67 bits per heavy atom. The second kappa shape index (κ2) is 12.8. The molecule has 0 amide bonds. The molecule has 0 bridgehead atoms. The highest BCUT2D eigenvalue weighted by Gasteiger charge is 2.14. The van der Waals surface area contributed by atoms with Crippen molar-refractivity contribution in [1.82, 2.24) is 10.6 Å². The Labute approximate surface area is 197 Å². The number of nitrogens with zero attached hydrogens (tertiary/aromatic N) is 1. The Morgan fingerprint density at radius 1 is 1.03 bits per heavy atom. The van der Waals surface area contributed by atoms with Gasteiger partial charge in [0.2, 0.25) is 0 Å². The summed E-state index contributed by atoms with van der Waals surface area (Å²) in [5, 5.41) is 6.36. The molecule has 0 saturated carbocycles. The van der Waals surface area contributed by atoms with Crippen LogP contribution in [-0.4, -0.2) is 40.3 Å². The van der Waals surface area contributed by atoms with Crippen molar-refractivity contribution in [2.75, 3.05) is 26.0 Å². The molecule has 8 heteroatoms. The number of rotatable bonds is 9. The number of halogens is 1. The van der Waals surface area contributed by atoms with Crippen LogP contribution >= 0.6 is 24.0 Å². The lowest BCUT2D eigenvalue weighted by Gasteiger charge is -2.19. The lowest BCUT2D eigenvalue weighted by molar-refractivity contribution is 0.271. The third-order valence-electron chi connectivity index (χ3n) is 4.31. The van der Waals surface area contributed by atoms with Gasteiger partial charge in [0.15, 0.2) is 15.8 Å². The predicted octanol–water partition coefficient (Wildman–Crippen LogP) is 4.04. The van der Waals surface area contributed by atoms with Crippen molar-refractivity contribution in [3.63, 3.8) is 0 Å². The van der Waals surface area contributed by atoms with E-state index in [1.165, 1.54) is 0 Å². The van der Waals surface area contributed by atoms with Crippen molar-refractivity contribution in [3.8, 4) is 5.75 Å². The first-order chi connectivity index (χ1) is 13.8. The molecule has 0 fully saturated rings. The fourth-order valence-electron chi connectivity index (χ4n) is 2.65. The van der Waals surface area contributed by atoms with E-state index in [1.54, 1.807) is 37.4 Å². The predicted molar refractivity (Wildman–Crippen MR) is 134 cm³/mol. The van der Waals surface area contributed by atoms with Crippen molar-refractivity contribution in [2.45, 2.75) is 31.7 Å². The monoisotopic (exact) mass is 545 g/mol. The van der Waals surface area contributed by atoms with Gasteiger partial charge in [-0.3, -0.25) is 4.99 Å². The van der Waals surface area contributed by atoms with Crippen LogP contribution in [0.5, 0.6) is 5.75 Å². The molecule has 1 unspecified atom stereocenters. The molecular formula is C22H32IN3O3S. The molecule has 2 aromatic carbocycles. The van der Waals surface area contributed by atoms with E-state index in [-0.39, 0.29) is 42.3 Å². The molecule has 0 heterocycles. The molecule has 1 atom stereocenters. The molecule has 6 nitrogen and oxygen atoms in total. The average molecular weight is 545 g/mol. The number of hydrogen-bond donors (Lipinski definition) is 2. The van der Waals surface area contributed by atoms with Crippen LogP contribution in [0, 0.1) is 5.92 Å². The summed E-state index contributed by atoms with van der Waals surface area (Å²) in [6, 6.07) is 16.4. The highest BCUT2D eigenvalue weighted by atomic mass is 127. The number of guanidine groups is 1.